The van der Waals surface area contributed by atoms with Crippen molar-refractivity contribution >= 4 is 11.7 Å². The third kappa shape index (κ3) is 4.78. The Morgan fingerprint density at radius 2 is 1.77 bits per heavy atom. The van der Waals surface area contributed by atoms with Crippen molar-refractivity contribution < 1.29 is 27.1 Å². The number of nitrogens with one attached hydrogen (secondary N) is 1. The van der Waals surface area contributed by atoms with E-state index in [0.29, 0.717) is 18.8 Å². The summed E-state index contributed by atoms with van der Waals surface area (Å²) in [7, 11) is 0. The van der Waals surface area contributed by atoms with Crippen molar-refractivity contribution in [2.24, 2.45) is 0 Å². The largest absolute Gasteiger partial charge is 0.573 e. The molecule has 0 unspecified atom stereocenters. The maximum absolute atomic E-state index is 13.7. The monoisotopic (exact) mass is 320 g/mol. The minimum Gasteiger partial charge on any atom is -0.406 e. The molecule has 1 aliphatic rings. The van der Waals surface area contributed by atoms with E-state index in [4.69, 9.17) is 0 Å². The SMILES string of the molecule is CC1(F)CCN(C(=O)Nc2ccc(OC(F)(F)F)cc2)CC1. The Labute approximate surface area is 125 Å². The second-order valence-electron chi connectivity index (χ2n) is 5.40. The van der Waals surface area contributed by atoms with Gasteiger partial charge in [0.25, 0.3) is 0 Å². The molecule has 1 fully saturated rings. The Kier molecular flexibility index (Phi) is 4.48. The summed E-state index contributed by atoms with van der Waals surface area (Å²) in [5, 5.41) is 2.56. The number of alkyl halides is 4. The molecule has 2 amide bonds. The van der Waals surface area contributed by atoms with Gasteiger partial charge in [-0.1, -0.05) is 0 Å². The van der Waals surface area contributed by atoms with Crippen LogP contribution < -0.4 is 10.1 Å². The van der Waals surface area contributed by atoms with Gasteiger partial charge in [-0.05, 0) is 44.0 Å². The smallest absolute Gasteiger partial charge is 0.406 e. The number of halogens is 4. The van der Waals surface area contributed by atoms with E-state index in [1.807, 2.05) is 0 Å². The number of benzene rings is 1. The van der Waals surface area contributed by atoms with E-state index >= 15 is 0 Å². The van der Waals surface area contributed by atoms with E-state index < -0.39 is 18.1 Å². The number of amides is 2. The summed E-state index contributed by atoms with van der Waals surface area (Å²) >= 11 is 0. The maximum atomic E-state index is 13.7. The molecule has 1 aliphatic heterocycles. The van der Waals surface area contributed by atoms with Crippen LogP contribution >= 0.6 is 0 Å². The fraction of sp³-hybridized carbons (Fsp3) is 0.500. The van der Waals surface area contributed by atoms with Gasteiger partial charge in [-0.3, -0.25) is 0 Å². The van der Waals surface area contributed by atoms with Crippen LogP contribution in [0.1, 0.15) is 19.8 Å². The van der Waals surface area contributed by atoms with Crippen LogP contribution in [0.5, 0.6) is 5.75 Å². The minimum absolute atomic E-state index is 0.263. The molecule has 0 saturated carbocycles. The summed E-state index contributed by atoms with van der Waals surface area (Å²) in [6.07, 6.45) is -4.23. The molecule has 0 aromatic heterocycles. The number of likely N-dealkylation sites (tertiary alicyclic amines) is 1. The lowest BCUT2D eigenvalue weighted by atomic mass is 9.96. The molecule has 8 heteroatoms. The van der Waals surface area contributed by atoms with Crippen molar-refractivity contribution in [1.82, 2.24) is 4.90 Å². The highest BCUT2D eigenvalue weighted by Crippen LogP contribution is 2.27. The lowest BCUT2D eigenvalue weighted by Crippen LogP contribution is -2.45. The van der Waals surface area contributed by atoms with Crippen LogP contribution in [-0.2, 0) is 0 Å². The molecule has 0 spiro atoms. The molecular weight excluding hydrogens is 304 g/mol. The second kappa shape index (κ2) is 6.02. The Morgan fingerprint density at radius 3 is 2.27 bits per heavy atom. The number of hydrogen-bond donors (Lipinski definition) is 1. The van der Waals surface area contributed by atoms with Gasteiger partial charge >= 0.3 is 12.4 Å². The number of piperidine rings is 1. The molecule has 1 aromatic rings. The summed E-state index contributed by atoms with van der Waals surface area (Å²) in [6.45, 7) is 2.10. The summed E-state index contributed by atoms with van der Waals surface area (Å²) in [4.78, 5) is 13.4. The van der Waals surface area contributed by atoms with Gasteiger partial charge in [0.2, 0.25) is 0 Å². The number of urea groups is 1. The van der Waals surface area contributed by atoms with Crippen LogP contribution in [0, 0.1) is 0 Å². The standard InChI is InChI=1S/C14H16F4N2O2/c1-13(15)6-8-20(9-7-13)12(21)19-10-2-4-11(5-3-10)22-14(16,17)18/h2-5H,6-9H2,1H3,(H,19,21). The highest BCUT2D eigenvalue weighted by molar-refractivity contribution is 5.89. The molecule has 122 valence electrons. The Morgan fingerprint density at radius 1 is 1.23 bits per heavy atom. The normalized spacial score (nSPS) is 18.0. The summed E-state index contributed by atoms with van der Waals surface area (Å²) in [5.41, 5.74) is -0.916. The van der Waals surface area contributed by atoms with Gasteiger partial charge < -0.3 is 15.0 Å². The average molecular weight is 320 g/mol. The average Bonchev–Trinajstić information content (AvgIpc) is 2.39. The third-order valence-electron chi connectivity index (χ3n) is 3.43. The molecule has 22 heavy (non-hydrogen) atoms. The van der Waals surface area contributed by atoms with E-state index in [-0.39, 0.29) is 18.6 Å². The number of carbonyl (C=O) groups is 1. The van der Waals surface area contributed by atoms with Crippen LogP contribution in [-0.4, -0.2) is 36.1 Å². The van der Waals surface area contributed by atoms with E-state index in [0.717, 1.165) is 12.1 Å². The van der Waals surface area contributed by atoms with Crippen molar-refractivity contribution in [3.8, 4) is 5.75 Å². The first-order chi connectivity index (χ1) is 10.1. The van der Waals surface area contributed by atoms with E-state index in [2.05, 4.69) is 10.1 Å². The number of nitrogens with zero attached hydrogens (tertiary/aromatic N) is 1. The van der Waals surface area contributed by atoms with Gasteiger partial charge in [0.05, 0.1) is 0 Å². The van der Waals surface area contributed by atoms with E-state index in [9.17, 15) is 22.4 Å². The number of hydrogen-bond acceptors (Lipinski definition) is 2. The molecule has 1 aromatic carbocycles. The predicted molar refractivity (Wildman–Crippen MR) is 72.5 cm³/mol. The molecule has 4 nitrogen and oxygen atoms in total. The van der Waals surface area contributed by atoms with Crippen LogP contribution in [0.2, 0.25) is 0 Å². The Balaban J connectivity index is 1.89. The quantitative estimate of drug-likeness (QED) is 0.839. The van der Waals surface area contributed by atoms with Crippen molar-refractivity contribution in [3.05, 3.63) is 24.3 Å². The molecule has 0 radical (unpaired) electrons. The topological polar surface area (TPSA) is 41.6 Å². The zero-order chi connectivity index (χ0) is 16.4. The van der Waals surface area contributed by atoms with Gasteiger partial charge in [-0.15, -0.1) is 13.2 Å². The molecule has 1 saturated heterocycles. The number of carbonyl (C=O) groups excluding carboxylic acids is 1. The van der Waals surface area contributed by atoms with Crippen molar-refractivity contribution in [2.45, 2.75) is 31.8 Å². The molecule has 2 rings (SSSR count). The number of ether oxygens (including phenoxy) is 1. The third-order valence-corrected chi connectivity index (χ3v) is 3.43. The zero-order valence-corrected chi connectivity index (χ0v) is 11.9. The fourth-order valence-corrected chi connectivity index (χ4v) is 2.12. The molecular formula is C14H16F4N2O2. The van der Waals surface area contributed by atoms with Crippen LogP contribution in [0.15, 0.2) is 24.3 Å². The van der Waals surface area contributed by atoms with E-state index in [1.54, 1.807) is 0 Å². The number of anilines is 1. The van der Waals surface area contributed by atoms with Crippen LogP contribution in [0.3, 0.4) is 0 Å². The molecule has 1 heterocycles. The predicted octanol–water partition coefficient (Wildman–Crippen LogP) is 3.94. The fourth-order valence-electron chi connectivity index (χ4n) is 2.12. The molecule has 0 atom stereocenters. The maximum Gasteiger partial charge on any atom is 0.573 e. The Hall–Kier alpha value is -1.99. The van der Waals surface area contributed by atoms with Gasteiger partial charge in [0, 0.05) is 18.8 Å². The number of rotatable bonds is 2. The summed E-state index contributed by atoms with van der Waals surface area (Å²) in [5.74, 6) is -0.364. The molecule has 0 aliphatic carbocycles. The van der Waals surface area contributed by atoms with Gasteiger partial charge in [0.1, 0.15) is 11.4 Å². The molecule has 0 bridgehead atoms. The van der Waals surface area contributed by atoms with Crippen LogP contribution in [0.4, 0.5) is 28.0 Å². The summed E-state index contributed by atoms with van der Waals surface area (Å²) < 4.78 is 53.5. The first-order valence-corrected chi connectivity index (χ1v) is 6.75. The highest BCUT2D eigenvalue weighted by Gasteiger charge is 2.32. The van der Waals surface area contributed by atoms with Gasteiger partial charge in [-0.2, -0.15) is 0 Å². The molecule has 1 N–H and O–H groups in total. The van der Waals surface area contributed by atoms with Crippen molar-refractivity contribution in [3.63, 3.8) is 0 Å². The summed E-state index contributed by atoms with van der Waals surface area (Å²) in [6, 6.07) is 4.43. The van der Waals surface area contributed by atoms with Crippen molar-refractivity contribution in [2.75, 3.05) is 18.4 Å². The van der Waals surface area contributed by atoms with Gasteiger partial charge in [-0.25, -0.2) is 9.18 Å². The minimum atomic E-state index is -4.75. The van der Waals surface area contributed by atoms with Crippen molar-refractivity contribution in [1.29, 1.82) is 0 Å². The highest BCUT2D eigenvalue weighted by atomic mass is 19.4. The van der Waals surface area contributed by atoms with Gasteiger partial charge in [0.15, 0.2) is 0 Å². The lowest BCUT2D eigenvalue weighted by Gasteiger charge is -2.34. The first kappa shape index (κ1) is 16.4. The van der Waals surface area contributed by atoms with E-state index in [1.165, 1.54) is 24.0 Å². The second-order valence-corrected chi connectivity index (χ2v) is 5.40. The van der Waals surface area contributed by atoms with Crippen LogP contribution in [0.25, 0.3) is 0 Å². The zero-order valence-electron chi connectivity index (χ0n) is 11.9. The lowest BCUT2D eigenvalue weighted by molar-refractivity contribution is -0.274. The first-order valence-electron chi connectivity index (χ1n) is 6.75. The Bertz CT molecular complexity index is 519.